The summed E-state index contributed by atoms with van der Waals surface area (Å²) in [6.45, 7) is 5.72. The molecule has 0 spiro atoms. The third-order valence-corrected chi connectivity index (χ3v) is 5.88. The normalized spacial score (nSPS) is 11.1. The lowest BCUT2D eigenvalue weighted by Crippen LogP contribution is -2.17. The highest BCUT2D eigenvalue weighted by Gasteiger charge is 2.22. The van der Waals surface area contributed by atoms with Crippen LogP contribution in [-0.2, 0) is 19.6 Å². The fourth-order valence-electron chi connectivity index (χ4n) is 4.22. The number of rotatable bonds is 8. The largest absolute Gasteiger partial charge is 0.497 e. The molecule has 4 aromatic rings. The van der Waals surface area contributed by atoms with Crippen LogP contribution < -0.4 is 10.1 Å². The predicted octanol–water partition coefficient (Wildman–Crippen LogP) is 5.30. The summed E-state index contributed by atoms with van der Waals surface area (Å²) in [6.07, 6.45) is 0. The quantitative estimate of drug-likeness (QED) is 0.400. The van der Waals surface area contributed by atoms with Gasteiger partial charge in [0.1, 0.15) is 11.4 Å². The molecule has 5 heteroatoms. The first-order valence-electron chi connectivity index (χ1n) is 10.7. The van der Waals surface area contributed by atoms with Crippen molar-refractivity contribution in [3.05, 3.63) is 100 Å². The van der Waals surface area contributed by atoms with Gasteiger partial charge < -0.3 is 19.7 Å². The van der Waals surface area contributed by atoms with Crippen molar-refractivity contribution in [1.82, 2.24) is 9.88 Å². The number of hydrogen-bond acceptors (Lipinski definition) is 3. The number of nitrogens with one attached hydrogen (secondary N) is 1. The molecule has 0 saturated carbocycles. The second-order valence-corrected chi connectivity index (χ2v) is 8.12. The number of para-hydroxylation sites is 1. The van der Waals surface area contributed by atoms with Gasteiger partial charge in [-0.05, 0) is 48.7 Å². The fourth-order valence-corrected chi connectivity index (χ4v) is 4.22. The van der Waals surface area contributed by atoms with Crippen LogP contribution in [0.3, 0.4) is 0 Å². The van der Waals surface area contributed by atoms with E-state index in [0.29, 0.717) is 25.3 Å². The van der Waals surface area contributed by atoms with Crippen LogP contribution in [0.25, 0.3) is 10.9 Å². The molecule has 0 atom stereocenters. The Labute approximate surface area is 188 Å². The van der Waals surface area contributed by atoms with Gasteiger partial charge in [0.25, 0.3) is 0 Å². The molecule has 0 amide bonds. The minimum atomic E-state index is -0.912. The molecule has 4 rings (SSSR count). The Kier molecular flexibility index (Phi) is 6.28. The maximum absolute atomic E-state index is 12.4. The molecule has 164 valence electrons. The molecule has 3 aromatic carbocycles. The zero-order chi connectivity index (χ0) is 22.7. The van der Waals surface area contributed by atoms with Crippen molar-refractivity contribution in [3.63, 3.8) is 0 Å². The first-order chi connectivity index (χ1) is 15.5. The van der Waals surface area contributed by atoms with Gasteiger partial charge in [-0.2, -0.15) is 0 Å². The molecule has 0 fully saturated rings. The number of carboxylic acids is 1. The highest BCUT2D eigenvalue weighted by atomic mass is 16.5. The molecule has 0 aliphatic carbocycles. The Bertz CT molecular complexity index is 1270. The van der Waals surface area contributed by atoms with Crippen molar-refractivity contribution in [1.29, 1.82) is 0 Å². The van der Waals surface area contributed by atoms with E-state index in [4.69, 9.17) is 4.74 Å². The van der Waals surface area contributed by atoms with Crippen molar-refractivity contribution < 1.29 is 14.6 Å². The molecule has 0 unspecified atom stereocenters. The topological polar surface area (TPSA) is 63.5 Å². The number of aromatic nitrogens is 1. The standard InChI is InChI=1S/C27H28N2O3/c1-18-11-12-19(2)21(13-18)17-29-25-10-5-4-9-23(25)24(26(29)27(30)31)16-28-15-20-7-6-8-22(14-20)32-3/h4-14,28H,15-17H2,1-3H3,(H,30,31). The monoisotopic (exact) mass is 428 g/mol. The zero-order valence-corrected chi connectivity index (χ0v) is 18.7. The summed E-state index contributed by atoms with van der Waals surface area (Å²) in [5.74, 6) is -0.106. The Morgan fingerprint density at radius 1 is 1.00 bits per heavy atom. The Balaban J connectivity index is 1.70. The number of aryl methyl sites for hydroxylation is 2. The van der Waals surface area contributed by atoms with Crippen molar-refractivity contribution in [2.24, 2.45) is 0 Å². The van der Waals surface area contributed by atoms with Crippen molar-refractivity contribution in [2.45, 2.75) is 33.5 Å². The first-order valence-corrected chi connectivity index (χ1v) is 10.7. The number of nitrogens with zero attached hydrogens (tertiary/aromatic N) is 1. The molecule has 0 aliphatic rings. The first kappa shape index (κ1) is 21.7. The van der Waals surface area contributed by atoms with Crippen LogP contribution >= 0.6 is 0 Å². The van der Waals surface area contributed by atoms with E-state index in [1.54, 1.807) is 7.11 Å². The molecular formula is C27H28N2O3. The molecule has 1 heterocycles. The summed E-state index contributed by atoms with van der Waals surface area (Å²) in [5.41, 5.74) is 6.61. The van der Waals surface area contributed by atoms with Crippen molar-refractivity contribution >= 4 is 16.9 Å². The fraction of sp³-hybridized carbons (Fsp3) is 0.222. The number of benzene rings is 3. The number of carbonyl (C=O) groups is 1. The molecule has 2 N–H and O–H groups in total. The van der Waals surface area contributed by atoms with Gasteiger partial charge in [0, 0.05) is 36.1 Å². The maximum Gasteiger partial charge on any atom is 0.352 e. The molecule has 0 radical (unpaired) electrons. The van der Waals surface area contributed by atoms with E-state index in [0.717, 1.165) is 38.9 Å². The minimum absolute atomic E-state index is 0.338. The second-order valence-electron chi connectivity index (χ2n) is 8.12. The van der Waals surface area contributed by atoms with Gasteiger partial charge in [0.15, 0.2) is 0 Å². The van der Waals surface area contributed by atoms with Crippen LogP contribution in [-0.4, -0.2) is 22.8 Å². The van der Waals surface area contributed by atoms with Crippen LogP contribution in [0.15, 0.2) is 66.7 Å². The number of ether oxygens (including phenoxy) is 1. The lowest BCUT2D eigenvalue weighted by atomic mass is 10.1. The van der Waals surface area contributed by atoms with Crippen LogP contribution in [0.1, 0.15) is 38.3 Å². The van der Waals surface area contributed by atoms with E-state index in [1.165, 1.54) is 5.56 Å². The van der Waals surface area contributed by atoms with Gasteiger partial charge in [-0.25, -0.2) is 4.79 Å². The van der Waals surface area contributed by atoms with Gasteiger partial charge in [-0.3, -0.25) is 0 Å². The number of fused-ring (bicyclic) bond motifs is 1. The number of methoxy groups -OCH3 is 1. The van der Waals surface area contributed by atoms with Gasteiger partial charge in [-0.15, -0.1) is 0 Å². The average molecular weight is 429 g/mol. The van der Waals surface area contributed by atoms with Crippen LogP contribution in [0, 0.1) is 13.8 Å². The van der Waals surface area contributed by atoms with E-state index in [2.05, 4.69) is 37.4 Å². The Morgan fingerprint density at radius 2 is 1.81 bits per heavy atom. The summed E-state index contributed by atoms with van der Waals surface area (Å²) >= 11 is 0. The highest BCUT2D eigenvalue weighted by Crippen LogP contribution is 2.28. The Morgan fingerprint density at radius 3 is 2.59 bits per heavy atom. The molecular weight excluding hydrogens is 400 g/mol. The number of aromatic carboxylic acids is 1. The van der Waals surface area contributed by atoms with E-state index in [1.807, 2.05) is 53.1 Å². The molecule has 0 aliphatic heterocycles. The maximum atomic E-state index is 12.4. The summed E-state index contributed by atoms with van der Waals surface area (Å²) < 4.78 is 7.23. The second kappa shape index (κ2) is 9.28. The van der Waals surface area contributed by atoms with Gasteiger partial charge >= 0.3 is 5.97 Å². The van der Waals surface area contributed by atoms with E-state index >= 15 is 0 Å². The molecule has 5 nitrogen and oxygen atoms in total. The molecule has 0 saturated heterocycles. The van der Waals surface area contributed by atoms with Gasteiger partial charge in [0.2, 0.25) is 0 Å². The van der Waals surface area contributed by atoms with Crippen LogP contribution in [0.4, 0.5) is 0 Å². The van der Waals surface area contributed by atoms with Crippen molar-refractivity contribution in [3.8, 4) is 5.75 Å². The zero-order valence-electron chi connectivity index (χ0n) is 18.7. The molecule has 1 aromatic heterocycles. The van der Waals surface area contributed by atoms with E-state index in [-0.39, 0.29) is 0 Å². The smallest absolute Gasteiger partial charge is 0.352 e. The summed E-state index contributed by atoms with van der Waals surface area (Å²) in [5, 5.41) is 14.6. The number of hydrogen-bond donors (Lipinski definition) is 2. The summed E-state index contributed by atoms with van der Waals surface area (Å²) in [7, 11) is 1.65. The van der Waals surface area contributed by atoms with Crippen LogP contribution in [0.2, 0.25) is 0 Å². The minimum Gasteiger partial charge on any atom is -0.497 e. The van der Waals surface area contributed by atoms with E-state index < -0.39 is 5.97 Å². The summed E-state index contributed by atoms with van der Waals surface area (Å²) in [4.78, 5) is 12.4. The SMILES string of the molecule is COc1cccc(CNCc2c(C(=O)O)n(Cc3cc(C)ccc3C)c3ccccc23)c1. The number of carboxylic acid groups (broad SMARTS) is 1. The molecule has 0 bridgehead atoms. The van der Waals surface area contributed by atoms with Crippen LogP contribution in [0.5, 0.6) is 5.75 Å². The third-order valence-electron chi connectivity index (χ3n) is 5.88. The van der Waals surface area contributed by atoms with Gasteiger partial charge in [0.05, 0.1) is 7.11 Å². The lowest BCUT2D eigenvalue weighted by Gasteiger charge is -2.13. The lowest BCUT2D eigenvalue weighted by molar-refractivity contribution is 0.0684. The molecule has 32 heavy (non-hydrogen) atoms. The van der Waals surface area contributed by atoms with E-state index in [9.17, 15) is 9.90 Å². The average Bonchev–Trinajstić information content (AvgIpc) is 3.10. The Hall–Kier alpha value is -3.57. The third kappa shape index (κ3) is 4.39. The summed E-state index contributed by atoms with van der Waals surface area (Å²) in [6, 6.07) is 22.1. The van der Waals surface area contributed by atoms with Gasteiger partial charge in [-0.1, -0.05) is 54.1 Å². The highest BCUT2D eigenvalue weighted by molar-refractivity contribution is 5.98. The van der Waals surface area contributed by atoms with Crippen molar-refractivity contribution in [2.75, 3.05) is 7.11 Å². The predicted molar refractivity (Wildman–Crippen MR) is 127 cm³/mol.